The van der Waals surface area contributed by atoms with Crippen LogP contribution >= 0.6 is 0 Å². The van der Waals surface area contributed by atoms with Crippen molar-refractivity contribution in [2.45, 2.75) is 32.2 Å². The molecule has 18 heavy (non-hydrogen) atoms. The van der Waals surface area contributed by atoms with Gasteiger partial charge in [-0.05, 0) is 30.2 Å². The zero-order chi connectivity index (χ0) is 12.4. The van der Waals surface area contributed by atoms with Gasteiger partial charge >= 0.3 is 0 Å². The van der Waals surface area contributed by atoms with E-state index >= 15 is 0 Å². The highest BCUT2D eigenvalue weighted by Gasteiger charge is 2.35. The summed E-state index contributed by atoms with van der Waals surface area (Å²) in [5.74, 6) is 1.71. The Labute approximate surface area is 111 Å². The van der Waals surface area contributed by atoms with E-state index in [1.54, 1.807) is 0 Å². The summed E-state index contributed by atoms with van der Waals surface area (Å²) in [6.45, 7) is 4.84. The summed E-state index contributed by atoms with van der Waals surface area (Å²) in [4.78, 5) is 2.70. The van der Waals surface area contributed by atoms with E-state index in [4.69, 9.17) is 0 Å². The lowest BCUT2D eigenvalue weighted by molar-refractivity contribution is 0.0825. The molecule has 1 fully saturated rings. The Balaban J connectivity index is 1.62. The first-order valence-corrected chi connectivity index (χ1v) is 7.33. The van der Waals surface area contributed by atoms with Crippen LogP contribution in [0.25, 0.3) is 0 Å². The molecule has 2 heterocycles. The number of nitrogens with zero attached hydrogens (tertiary/aromatic N) is 1. The Morgan fingerprint density at radius 2 is 2.00 bits per heavy atom. The summed E-state index contributed by atoms with van der Waals surface area (Å²) in [5, 5.41) is 0. The number of benzene rings is 1. The van der Waals surface area contributed by atoms with Gasteiger partial charge in [-0.2, -0.15) is 0 Å². The molecule has 96 valence electrons. The zero-order valence-corrected chi connectivity index (χ0v) is 11.3. The summed E-state index contributed by atoms with van der Waals surface area (Å²) >= 11 is 0. The van der Waals surface area contributed by atoms with Crippen LogP contribution in [0.4, 0.5) is 0 Å². The monoisotopic (exact) mass is 241 g/mol. The van der Waals surface area contributed by atoms with Crippen LogP contribution in [0.5, 0.6) is 0 Å². The minimum Gasteiger partial charge on any atom is -0.296 e. The molecular formula is C17H23N. The first-order valence-electron chi connectivity index (χ1n) is 7.33. The number of hydrogen-bond acceptors (Lipinski definition) is 1. The summed E-state index contributed by atoms with van der Waals surface area (Å²) < 4.78 is 0. The van der Waals surface area contributed by atoms with Gasteiger partial charge in [0.05, 0.1) is 0 Å². The predicted molar refractivity (Wildman–Crippen MR) is 76.5 cm³/mol. The van der Waals surface area contributed by atoms with Crippen LogP contribution in [0, 0.1) is 11.8 Å². The smallest absolute Gasteiger partial charge is 0.0307 e. The van der Waals surface area contributed by atoms with Crippen molar-refractivity contribution in [3.05, 3.63) is 48.0 Å². The summed E-state index contributed by atoms with van der Waals surface area (Å²) in [6.07, 6.45) is 8.86. The molecule has 4 rings (SSSR count). The molecule has 0 amide bonds. The molecule has 2 bridgehead atoms. The quantitative estimate of drug-likeness (QED) is 0.729. The fourth-order valence-electron chi connectivity index (χ4n) is 3.58. The fourth-order valence-corrected chi connectivity index (χ4v) is 3.58. The van der Waals surface area contributed by atoms with Crippen LogP contribution in [-0.4, -0.2) is 24.0 Å². The van der Waals surface area contributed by atoms with Crippen LogP contribution < -0.4 is 0 Å². The standard InChI is InChI=1S/C17H23N/c1-2-16-12-15-8-9-17(16)18(13-15)11-10-14-6-4-3-5-7-14/h3-9,15-17H,2,10-13H2,1H3. The molecule has 1 aliphatic carbocycles. The second kappa shape index (κ2) is 5.27. The molecule has 0 N–H and O–H groups in total. The maximum Gasteiger partial charge on any atom is 0.0307 e. The Bertz CT molecular complexity index is 409. The fraction of sp³-hybridized carbons (Fsp3) is 0.529. The third-order valence-corrected chi connectivity index (χ3v) is 4.61. The summed E-state index contributed by atoms with van der Waals surface area (Å²) in [7, 11) is 0. The highest BCUT2D eigenvalue weighted by atomic mass is 15.2. The van der Waals surface area contributed by atoms with Gasteiger partial charge in [-0.3, -0.25) is 4.90 Å². The minimum absolute atomic E-state index is 0.712. The van der Waals surface area contributed by atoms with E-state index in [1.165, 1.54) is 37.9 Å². The van der Waals surface area contributed by atoms with Crippen molar-refractivity contribution in [3.8, 4) is 0 Å². The molecule has 1 aromatic carbocycles. The Morgan fingerprint density at radius 3 is 2.72 bits per heavy atom. The third-order valence-electron chi connectivity index (χ3n) is 4.61. The second-order valence-electron chi connectivity index (χ2n) is 5.77. The molecule has 1 aromatic rings. The molecule has 1 nitrogen and oxygen atoms in total. The van der Waals surface area contributed by atoms with Gasteiger partial charge in [-0.15, -0.1) is 0 Å². The van der Waals surface area contributed by atoms with Crippen LogP contribution in [0.3, 0.4) is 0 Å². The van der Waals surface area contributed by atoms with Gasteiger partial charge in [-0.25, -0.2) is 0 Å². The van der Waals surface area contributed by atoms with Crippen molar-refractivity contribution in [2.75, 3.05) is 13.1 Å². The molecule has 3 aliphatic rings. The van der Waals surface area contributed by atoms with E-state index in [1.807, 2.05) is 0 Å². The predicted octanol–water partition coefficient (Wildman–Crippen LogP) is 3.52. The molecule has 0 saturated carbocycles. The van der Waals surface area contributed by atoms with Crippen molar-refractivity contribution in [1.82, 2.24) is 4.90 Å². The highest BCUT2D eigenvalue weighted by molar-refractivity contribution is 5.16. The second-order valence-corrected chi connectivity index (χ2v) is 5.77. The van der Waals surface area contributed by atoms with Crippen LogP contribution in [-0.2, 0) is 6.42 Å². The van der Waals surface area contributed by atoms with Crippen molar-refractivity contribution in [3.63, 3.8) is 0 Å². The minimum atomic E-state index is 0.712. The normalized spacial score (nSPS) is 30.8. The van der Waals surface area contributed by atoms with Crippen molar-refractivity contribution in [2.24, 2.45) is 11.8 Å². The van der Waals surface area contributed by atoms with Gasteiger partial charge in [0.1, 0.15) is 0 Å². The number of rotatable bonds is 4. The molecule has 2 aliphatic heterocycles. The number of hydrogen-bond donors (Lipinski definition) is 0. The van der Waals surface area contributed by atoms with Crippen molar-refractivity contribution < 1.29 is 0 Å². The molecule has 1 saturated heterocycles. The van der Waals surface area contributed by atoms with Crippen LogP contribution in [0.2, 0.25) is 0 Å². The highest BCUT2D eigenvalue weighted by Crippen LogP contribution is 2.35. The SMILES string of the molecule is CCC1CC2C=CC1N(CCc1ccccc1)C2. The average molecular weight is 241 g/mol. The Hall–Kier alpha value is -1.08. The van der Waals surface area contributed by atoms with E-state index in [-0.39, 0.29) is 0 Å². The summed E-state index contributed by atoms with van der Waals surface area (Å²) in [6, 6.07) is 11.6. The van der Waals surface area contributed by atoms with E-state index in [0.717, 1.165) is 11.8 Å². The Morgan fingerprint density at radius 1 is 1.17 bits per heavy atom. The molecule has 3 atom stereocenters. The van der Waals surface area contributed by atoms with Crippen molar-refractivity contribution in [1.29, 1.82) is 0 Å². The topological polar surface area (TPSA) is 3.24 Å². The van der Waals surface area contributed by atoms with Gasteiger partial charge in [0, 0.05) is 19.1 Å². The lowest BCUT2D eigenvalue weighted by atomic mass is 9.76. The van der Waals surface area contributed by atoms with Gasteiger partial charge < -0.3 is 0 Å². The first-order chi connectivity index (χ1) is 8.86. The van der Waals surface area contributed by atoms with Gasteiger partial charge in [-0.1, -0.05) is 55.8 Å². The van der Waals surface area contributed by atoms with E-state index < -0.39 is 0 Å². The van der Waals surface area contributed by atoms with Gasteiger partial charge in [0.15, 0.2) is 0 Å². The maximum atomic E-state index is 2.70. The van der Waals surface area contributed by atoms with Crippen molar-refractivity contribution >= 4 is 0 Å². The van der Waals surface area contributed by atoms with E-state index in [9.17, 15) is 0 Å². The molecule has 3 unspecified atom stereocenters. The maximum absolute atomic E-state index is 2.70. The summed E-state index contributed by atoms with van der Waals surface area (Å²) in [5.41, 5.74) is 1.47. The molecule has 0 radical (unpaired) electrons. The molecule has 0 spiro atoms. The average Bonchev–Trinajstić information content (AvgIpc) is 2.46. The Kier molecular flexibility index (Phi) is 3.51. The first kappa shape index (κ1) is 12.0. The molecule has 0 aromatic heterocycles. The number of piperidine rings is 1. The lowest BCUT2D eigenvalue weighted by Crippen LogP contribution is -2.50. The van der Waals surface area contributed by atoms with E-state index in [2.05, 4.69) is 54.3 Å². The lowest BCUT2D eigenvalue weighted by Gasteiger charge is -2.46. The number of fused-ring (bicyclic) bond motifs is 2. The van der Waals surface area contributed by atoms with Gasteiger partial charge in [0.25, 0.3) is 0 Å². The van der Waals surface area contributed by atoms with E-state index in [0.29, 0.717) is 6.04 Å². The largest absolute Gasteiger partial charge is 0.296 e. The van der Waals surface area contributed by atoms with Gasteiger partial charge in [0.2, 0.25) is 0 Å². The molecular weight excluding hydrogens is 218 g/mol. The van der Waals surface area contributed by atoms with Crippen LogP contribution in [0.15, 0.2) is 42.5 Å². The zero-order valence-electron chi connectivity index (χ0n) is 11.3. The third kappa shape index (κ3) is 2.37. The van der Waals surface area contributed by atoms with Crippen LogP contribution in [0.1, 0.15) is 25.3 Å². The molecule has 1 heteroatoms.